The highest BCUT2D eigenvalue weighted by Crippen LogP contribution is 2.16. The molecule has 0 aliphatic rings. The number of carbonyl (C=O) groups excluding carboxylic acids is 2. The van der Waals surface area contributed by atoms with Gasteiger partial charge in [0.2, 0.25) is 0 Å². The Morgan fingerprint density at radius 1 is 1.32 bits per heavy atom. The maximum Gasteiger partial charge on any atom is 0.308 e. The number of aromatic nitrogens is 1. The van der Waals surface area contributed by atoms with Crippen molar-refractivity contribution in [1.82, 2.24) is 9.88 Å². The second-order valence-corrected chi connectivity index (χ2v) is 6.23. The molecule has 0 fully saturated rings. The Balaban J connectivity index is 2.15. The largest absolute Gasteiger partial charge is 0.427 e. The summed E-state index contributed by atoms with van der Waals surface area (Å²) in [6.07, 6.45) is 0.217. The van der Waals surface area contributed by atoms with Crippen LogP contribution in [0.2, 0.25) is 0 Å². The molecule has 0 saturated heterocycles. The number of hydrogen-bond donors (Lipinski definition) is 1. The molecule has 2 aromatic rings. The van der Waals surface area contributed by atoms with Crippen LogP contribution < -0.4 is 14.9 Å². The summed E-state index contributed by atoms with van der Waals surface area (Å²) in [7, 11) is 0. The number of carbonyl (C=O) groups is 2. The van der Waals surface area contributed by atoms with Crippen LogP contribution in [0.5, 0.6) is 5.75 Å². The molecule has 2 rings (SSSR count). The fourth-order valence-electron chi connectivity index (χ4n) is 2.19. The monoisotopic (exact) mass is 359 g/mol. The van der Waals surface area contributed by atoms with Gasteiger partial charge < -0.3 is 10.1 Å². The van der Waals surface area contributed by atoms with Crippen molar-refractivity contribution in [2.24, 2.45) is 0 Å². The number of amides is 1. The van der Waals surface area contributed by atoms with E-state index < -0.39 is 5.97 Å². The van der Waals surface area contributed by atoms with E-state index >= 15 is 0 Å². The fraction of sp³-hybridized carbons (Fsp3) is 0.294. The molecule has 1 heterocycles. The van der Waals surface area contributed by atoms with Crippen LogP contribution in [-0.4, -0.2) is 23.0 Å². The zero-order chi connectivity index (χ0) is 18.4. The summed E-state index contributed by atoms with van der Waals surface area (Å²) in [6, 6.07) is 8.77. The second kappa shape index (κ2) is 8.26. The van der Waals surface area contributed by atoms with Gasteiger partial charge in [-0.05, 0) is 24.6 Å². The molecule has 0 saturated carbocycles. The van der Waals surface area contributed by atoms with Crippen LogP contribution in [0.15, 0.2) is 29.1 Å². The standard InChI is InChI=1S/C17H17N3O4S/c1-11-15(16(22)19-9-3-8-18)25-17(23)20(11)10-13-4-6-14(7-5-13)24-12(2)21/h4-7H,3,9-10H2,1-2H3,(H,19,22). The van der Waals surface area contributed by atoms with E-state index in [2.05, 4.69) is 5.32 Å². The molecule has 1 aromatic heterocycles. The highest BCUT2D eigenvalue weighted by Gasteiger charge is 2.17. The molecule has 0 atom stereocenters. The topological polar surface area (TPSA) is 101 Å². The predicted molar refractivity (Wildman–Crippen MR) is 92.7 cm³/mol. The molecule has 0 unspecified atom stereocenters. The zero-order valence-electron chi connectivity index (χ0n) is 13.9. The van der Waals surface area contributed by atoms with Gasteiger partial charge in [0.15, 0.2) is 0 Å². The van der Waals surface area contributed by atoms with Crippen LogP contribution in [-0.2, 0) is 11.3 Å². The van der Waals surface area contributed by atoms with Gasteiger partial charge in [-0.3, -0.25) is 19.0 Å². The number of nitriles is 1. The van der Waals surface area contributed by atoms with Crippen molar-refractivity contribution < 1.29 is 14.3 Å². The van der Waals surface area contributed by atoms with E-state index in [1.54, 1.807) is 31.2 Å². The number of rotatable bonds is 6. The van der Waals surface area contributed by atoms with Crippen molar-refractivity contribution in [2.75, 3.05) is 6.54 Å². The summed E-state index contributed by atoms with van der Waals surface area (Å²) in [5, 5.41) is 11.1. The fourth-order valence-corrected chi connectivity index (χ4v) is 3.10. The molecule has 0 spiro atoms. The summed E-state index contributed by atoms with van der Waals surface area (Å²) in [4.78, 5) is 35.3. The first-order chi connectivity index (χ1) is 11.9. The molecule has 1 amide bonds. The van der Waals surface area contributed by atoms with E-state index in [1.165, 1.54) is 11.5 Å². The molecular formula is C17H17N3O4S. The number of ether oxygens (including phenoxy) is 1. The highest BCUT2D eigenvalue weighted by molar-refractivity contribution is 7.11. The lowest BCUT2D eigenvalue weighted by molar-refractivity contribution is -0.131. The molecule has 0 bridgehead atoms. The van der Waals surface area contributed by atoms with Crippen LogP contribution in [0.3, 0.4) is 0 Å². The summed E-state index contributed by atoms with van der Waals surface area (Å²) in [5.41, 5.74) is 1.42. The summed E-state index contributed by atoms with van der Waals surface area (Å²) < 4.78 is 6.49. The lowest BCUT2D eigenvalue weighted by atomic mass is 10.2. The van der Waals surface area contributed by atoms with Gasteiger partial charge in [-0.15, -0.1) is 0 Å². The Morgan fingerprint density at radius 3 is 2.60 bits per heavy atom. The first-order valence-electron chi connectivity index (χ1n) is 7.55. The third-order valence-corrected chi connectivity index (χ3v) is 4.48. The highest BCUT2D eigenvalue weighted by atomic mass is 32.1. The SMILES string of the molecule is CC(=O)Oc1ccc(Cn2c(C)c(C(=O)NCCC#N)sc2=O)cc1. The lowest BCUT2D eigenvalue weighted by Gasteiger charge is -2.07. The third-order valence-electron chi connectivity index (χ3n) is 3.40. The van der Waals surface area contributed by atoms with Crippen LogP contribution >= 0.6 is 11.3 Å². The summed E-state index contributed by atoms with van der Waals surface area (Å²) in [6.45, 7) is 3.60. The Morgan fingerprint density at radius 2 is 2.00 bits per heavy atom. The average Bonchev–Trinajstić information content (AvgIpc) is 2.84. The van der Waals surface area contributed by atoms with Crippen molar-refractivity contribution in [3.05, 3.63) is 50.1 Å². The minimum Gasteiger partial charge on any atom is -0.427 e. The molecule has 0 aliphatic carbocycles. The van der Waals surface area contributed by atoms with Gasteiger partial charge >= 0.3 is 10.8 Å². The molecule has 0 radical (unpaired) electrons. The Labute approximate surface area is 148 Å². The maximum absolute atomic E-state index is 12.2. The third kappa shape index (κ3) is 4.78. The van der Waals surface area contributed by atoms with E-state index in [0.717, 1.165) is 16.9 Å². The Hall–Kier alpha value is -2.92. The molecule has 7 nitrogen and oxygen atoms in total. The normalized spacial score (nSPS) is 10.1. The van der Waals surface area contributed by atoms with Crippen molar-refractivity contribution >= 4 is 23.2 Å². The van der Waals surface area contributed by atoms with Gasteiger partial charge in [0, 0.05) is 19.2 Å². The number of thiazole rings is 1. The van der Waals surface area contributed by atoms with Crippen molar-refractivity contribution in [2.45, 2.75) is 26.8 Å². The van der Waals surface area contributed by atoms with Gasteiger partial charge in [0.25, 0.3) is 5.91 Å². The molecule has 25 heavy (non-hydrogen) atoms. The molecule has 0 aliphatic heterocycles. The number of benzene rings is 1. The number of hydrogen-bond acceptors (Lipinski definition) is 6. The van der Waals surface area contributed by atoms with E-state index in [1.807, 2.05) is 6.07 Å². The maximum atomic E-state index is 12.2. The summed E-state index contributed by atoms with van der Waals surface area (Å²) >= 11 is 0.881. The quantitative estimate of drug-likeness (QED) is 0.482. The number of nitrogens with zero attached hydrogens (tertiary/aromatic N) is 2. The van der Waals surface area contributed by atoms with Gasteiger partial charge in [-0.25, -0.2) is 0 Å². The van der Waals surface area contributed by atoms with Crippen LogP contribution in [0.25, 0.3) is 0 Å². The molecule has 8 heteroatoms. The van der Waals surface area contributed by atoms with Gasteiger partial charge in [0.1, 0.15) is 10.6 Å². The van der Waals surface area contributed by atoms with E-state index in [-0.39, 0.29) is 23.7 Å². The molecule has 1 N–H and O–H groups in total. The van der Waals surface area contributed by atoms with Crippen LogP contribution in [0.4, 0.5) is 0 Å². The van der Waals surface area contributed by atoms with Gasteiger partial charge in [-0.2, -0.15) is 5.26 Å². The van der Waals surface area contributed by atoms with Crippen molar-refractivity contribution in [3.63, 3.8) is 0 Å². The Bertz CT molecular complexity index is 875. The molecule has 130 valence electrons. The molecule has 1 aromatic carbocycles. The van der Waals surface area contributed by atoms with Gasteiger partial charge in [-0.1, -0.05) is 23.5 Å². The first-order valence-corrected chi connectivity index (χ1v) is 8.36. The van der Waals surface area contributed by atoms with Gasteiger partial charge in [0.05, 0.1) is 19.0 Å². The smallest absolute Gasteiger partial charge is 0.308 e. The average molecular weight is 359 g/mol. The minimum atomic E-state index is -0.398. The lowest BCUT2D eigenvalue weighted by Crippen LogP contribution is -2.24. The first kappa shape index (κ1) is 18.4. The van der Waals surface area contributed by atoms with Crippen molar-refractivity contribution in [1.29, 1.82) is 5.26 Å². The van der Waals surface area contributed by atoms with E-state index in [0.29, 0.717) is 22.9 Å². The summed E-state index contributed by atoms with van der Waals surface area (Å²) in [5.74, 6) is -0.313. The van der Waals surface area contributed by atoms with E-state index in [4.69, 9.17) is 10.00 Å². The predicted octanol–water partition coefficient (Wildman–Crippen LogP) is 1.84. The number of nitrogens with one attached hydrogen (secondary N) is 1. The second-order valence-electron chi connectivity index (χ2n) is 5.27. The number of esters is 1. The van der Waals surface area contributed by atoms with Crippen LogP contribution in [0.1, 0.15) is 34.3 Å². The van der Waals surface area contributed by atoms with Crippen LogP contribution in [0, 0.1) is 18.3 Å². The molecular weight excluding hydrogens is 342 g/mol. The van der Waals surface area contributed by atoms with Crippen molar-refractivity contribution in [3.8, 4) is 11.8 Å². The zero-order valence-corrected chi connectivity index (χ0v) is 14.7. The minimum absolute atomic E-state index is 0.217. The van der Waals surface area contributed by atoms with E-state index in [9.17, 15) is 14.4 Å². The Kier molecular flexibility index (Phi) is 6.08.